The summed E-state index contributed by atoms with van der Waals surface area (Å²) in [5, 5.41) is 2.45. The van der Waals surface area contributed by atoms with E-state index in [4.69, 9.17) is 0 Å². The van der Waals surface area contributed by atoms with Gasteiger partial charge in [0.25, 0.3) is 0 Å². The Hall–Kier alpha value is -1.25. The number of hydrogen-bond donors (Lipinski definition) is 1. The van der Waals surface area contributed by atoms with Gasteiger partial charge in [-0.15, -0.1) is 12.6 Å². The summed E-state index contributed by atoms with van der Waals surface area (Å²) in [5.74, 6) is 1.29. The molecule has 0 heterocycles. The fraction of sp³-hybridized carbons (Fsp3) is 0. The summed E-state index contributed by atoms with van der Waals surface area (Å²) in [6.45, 7) is 10.2. The van der Waals surface area contributed by atoms with Gasteiger partial charge in [0.1, 0.15) is 0 Å². The van der Waals surface area contributed by atoms with Crippen molar-refractivity contribution >= 4 is 13.2 Å². The molecule has 1 N–H and O–H groups in total. The summed E-state index contributed by atoms with van der Waals surface area (Å²) in [6.07, 6.45) is 1.18. The summed E-state index contributed by atoms with van der Waals surface area (Å²) in [7, 11) is 1.60. The number of nitrogens with one attached hydrogen (secondary N) is 1. The molecule has 0 saturated carbocycles. The van der Waals surface area contributed by atoms with Gasteiger partial charge in [0.2, 0.25) is 13.2 Å². The number of carbonyl (C=O) groups excluding carboxylic acids is 1. The van der Waals surface area contributed by atoms with Gasteiger partial charge >= 0.3 is 0 Å². The monoisotopic (exact) mass is 134 g/mol. The molecule has 1 radical (unpaired) electrons. The van der Waals surface area contributed by atoms with Crippen LogP contribution >= 0.6 is 0 Å². The van der Waals surface area contributed by atoms with Gasteiger partial charge in [-0.2, -0.15) is 0 Å². The predicted octanol–water partition coefficient (Wildman–Crippen LogP) is 0.607. The van der Waals surface area contributed by atoms with Crippen molar-refractivity contribution in [1.82, 2.24) is 5.32 Å². The lowest BCUT2D eigenvalue weighted by molar-refractivity contribution is -0.115. The van der Waals surface area contributed by atoms with Crippen LogP contribution < -0.4 is 5.32 Å². The van der Waals surface area contributed by atoms with Crippen LogP contribution in [0.4, 0.5) is 0 Å². The molecule has 0 bridgehead atoms. The van der Waals surface area contributed by atoms with Crippen molar-refractivity contribution in [2.24, 2.45) is 0 Å². The lowest BCUT2D eigenvalue weighted by Gasteiger charge is -1.99. The van der Waals surface area contributed by atoms with Crippen LogP contribution in [0.15, 0.2) is 37.4 Å². The largest absolute Gasteiger partial charge is 0.336 e. The van der Waals surface area contributed by atoms with Crippen molar-refractivity contribution in [3.63, 3.8) is 0 Å². The molecule has 3 heteroatoms. The second kappa shape index (κ2) is 4.62. The lowest BCUT2D eigenvalue weighted by atomic mass is 9.75. The molecule has 0 aromatic carbocycles. The highest BCUT2D eigenvalue weighted by molar-refractivity contribution is 6.51. The summed E-state index contributed by atoms with van der Waals surface area (Å²) in [6, 6.07) is 0. The Labute approximate surface area is 61.6 Å². The highest BCUT2D eigenvalue weighted by Crippen LogP contribution is 1.80. The number of rotatable bonds is 4. The highest BCUT2D eigenvalue weighted by atomic mass is 16.1. The van der Waals surface area contributed by atoms with E-state index in [2.05, 4.69) is 25.1 Å². The maximum absolute atomic E-state index is 10.6. The Morgan fingerprint density at radius 2 is 2.10 bits per heavy atom. The van der Waals surface area contributed by atoms with E-state index in [0.717, 1.165) is 0 Å². The summed E-state index contributed by atoms with van der Waals surface area (Å²) in [5.41, 5.74) is 0.514. The summed E-state index contributed by atoms with van der Waals surface area (Å²) in [4.78, 5) is 10.6. The van der Waals surface area contributed by atoms with E-state index in [0.29, 0.717) is 5.60 Å². The molecule has 0 spiro atoms. The normalized spacial score (nSPS) is 7.60. The Balaban J connectivity index is 3.67. The van der Waals surface area contributed by atoms with E-state index in [1.165, 1.54) is 6.08 Å². The average molecular weight is 134 g/mol. The molecule has 0 aliphatic heterocycles. The fourth-order valence-electron chi connectivity index (χ4n) is 0.393. The molecule has 0 aliphatic carbocycles. The Morgan fingerprint density at radius 1 is 1.50 bits per heavy atom. The Morgan fingerprint density at radius 3 is 2.50 bits per heavy atom. The van der Waals surface area contributed by atoms with Crippen LogP contribution in [-0.2, 0) is 4.79 Å². The molecule has 10 heavy (non-hydrogen) atoms. The first kappa shape index (κ1) is 8.75. The first-order chi connectivity index (χ1) is 4.70. The van der Waals surface area contributed by atoms with Gasteiger partial charge in [-0.1, -0.05) is 13.2 Å². The fourth-order valence-corrected chi connectivity index (χ4v) is 0.393. The number of amides is 1. The molecule has 0 aliphatic rings. The van der Waals surface area contributed by atoms with Gasteiger partial charge in [-0.05, 0) is 11.7 Å². The van der Waals surface area contributed by atoms with E-state index >= 15 is 0 Å². The van der Waals surface area contributed by atoms with Gasteiger partial charge in [0, 0.05) is 0 Å². The summed E-state index contributed by atoms with van der Waals surface area (Å²) >= 11 is 0. The minimum Gasteiger partial charge on any atom is -0.336 e. The van der Waals surface area contributed by atoms with Crippen LogP contribution in [0.5, 0.6) is 0 Å². The first-order valence-electron chi connectivity index (χ1n) is 2.78. The van der Waals surface area contributed by atoms with Crippen LogP contribution in [0.3, 0.4) is 0 Å². The summed E-state index contributed by atoms with van der Waals surface area (Å²) < 4.78 is 0. The molecule has 51 valence electrons. The van der Waals surface area contributed by atoms with Gasteiger partial charge in [-0.3, -0.25) is 4.79 Å². The molecule has 0 rings (SSSR count). The van der Waals surface area contributed by atoms with Crippen molar-refractivity contribution in [3.05, 3.63) is 37.4 Å². The van der Waals surface area contributed by atoms with Crippen molar-refractivity contribution in [3.8, 4) is 0 Å². The maximum atomic E-state index is 10.6. The van der Waals surface area contributed by atoms with E-state index < -0.39 is 0 Å². The molecule has 1 amide bonds. The van der Waals surface area contributed by atoms with E-state index in [1.54, 1.807) is 13.3 Å². The molecule has 0 atom stereocenters. The van der Waals surface area contributed by atoms with Crippen LogP contribution in [0.1, 0.15) is 0 Å². The molecule has 0 aromatic heterocycles. The van der Waals surface area contributed by atoms with Gasteiger partial charge in [0.15, 0.2) is 0 Å². The van der Waals surface area contributed by atoms with Crippen molar-refractivity contribution in [2.75, 3.05) is 0 Å². The minimum atomic E-state index is -0.261. The van der Waals surface area contributed by atoms with E-state index in [9.17, 15) is 4.79 Å². The van der Waals surface area contributed by atoms with Crippen LogP contribution in [0.2, 0.25) is 0 Å². The van der Waals surface area contributed by atoms with E-state index in [1.807, 2.05) is 0 Å². The molecule has 0 unspecified atom stereocenters. The molecular formula is C7H9BNO. The quantitative estimate of drug-likeness (QED) is 0.442. The van der Waals surface area contributed by atoms with Crippen LogP contribution in [-0.4, -0.2) is 13.2 Å². The average Bonchev–Trinajstić information content (AvgIpc) is 1.88. The lowest BCUT2D eigenvalue weighted by Crippen LogP contribution is -2.22. The van der Waals surface area contributed by atoms with E-state index in [-0.39, 0.29) is 5.91 Å². The molecule has 0 fully saturated rings. The second-order valence-corrected chi connectivity index (χ2v) is 1.62. The topological polar surface area (TPSA) is 29.1 Å². The molecule has 2 nitrogen and oxygen atoms in total. The Kier molecular flexibility index (Phi) is 4.04. The Bertz CT molecular complexity index is 174. The second-order valence-electron chi connectivity index (χ2n) is 1.62. The predicted molar refractivity (Wildman–Crippen MR) is 43.4 cm³/mol. The van der Waals surface area contributed by atoms with Gasteiger partial charge in [-0.25, -0.2) is 0 Å². The third kappa shape index (κ3) is 3.72. The molecule has 0 saturated heterocycles. The van der Waals surface area contributed by atoms with Crippen molar-refractivity contribution in [1.29, 1.82) is 0 Å². The zero-order chi connectivity index (χ0) is 7.98. The third-order valence-corrected chi connectivity index (χ3v) is 0.788. The SMILES string of the molecule is C=C[B]C(=C)NC(=O)C=C. The third-order valence-electron chi connectivity index (χ3n) is 0.788. The number of carbonyl (C=O) groups is 1. The maximum Gasteiger partial charge on any atom is 0.246 e. The number of hydrogen-bond acceptors (Lipinski definition) is 1. The minimum absolute atomic E-state index is 0.261. The first-order valence-corrected chi connectivity index (χ1v) is 2.78. The standard InChI is InChI=1S/C7H9BNO/c1-4-7(10)9-6(3)8-5-2/h4-5H,1-3H2,(H,9,10). The molecule has 0 aromatic rings. The zero-order valence-electron chi connectivity index (χ0n) is 5.76. The van der Waals surface area contributed by atoms with Crippen molar-refractivity contribution in [2.45, 2.75) is 0 Å². The zero-order valence-corrected chi connectivity index (χ0v) is 5.76. The van der Waals surface area contributed by atoms with Crippen LogP contribution in [0, 0.1) is 0 Å². The van der Waals surface area contributed by atoms with Crippen molar-refractivity contribution < 1.29 is 4.79 Å². The smallest absolute Gasteiger partial charge is 0.246 e. The van der Waals surface area contributed by atoms with Gasteiger partial charge in [0.05, 0.1) is 0 Å². The highest BCUT2D eigenvalue weighted by Gasteiger charge is 1.94. The van der Waals surface area contributed by atoms with Crippen LogP contribution in [0.25, 0.3) is 0 Å². The molecular weight excluding hydrogens is 125 g/mol. The van der Waals surface area contributed by atoms with Gasteiger partial charge < -0.3 is 5.32 Å².